The van der Waals surface area contributed by atoms with E-state index >= 15 is 0 Å². The minimum atomic E-state index is 0.861. The lowest BCUT2D eigenvalue weighted by Crippen LogP contribution is -2.37. The number of aromatic nitrogens is 1. The van der Waals surface area contributed by atoms with Gasteiger partial charge in [-0.2, -0.15) is 0 Å². The van der Waals surface area contributed by atoms with E-state index < -0.39 is 0 Å². The topological polar surface area (TPSA) is 29.8 Å². The fraction of sp³-hybridized carbons (Fsp3) is 0.409. The summed E-state index contributed by atoms with van der Waals surface area (Å²) in [6.45, 7) is 10.2. The van der Waals surface area contributed by atoms with Gasteiger partial charge in [0.25, 0.3) is 0 Å². The van der Waals surface area contributed by atoms with Crippen LogP contribution in [0.15, 0.2) is 46.1 Å². The van der Waals surface area contributed by atoms with E-state index in [1.807, 2.05) is 0 Å². The Morgan fingerprint density at radius 1 is 1.04 bits per heavy atom. The number of ether oxygens (including phenoxy) is 1. The molecule has 28 heavy (non-hydrogen) atoms. The van der Waals surface area contributed by atoms with Gasteiger partial charge in [0.05, 0.1) is 29.5 Å². The lowest BCUT2D eigenvalue weighted by Gasteiger charge is -2.26. The van der Waals surface area contributed by atoms with Crippen LogP contribution in [0.5, 0.6) is 0 Å². The molecule has 0 saturated carbocycles. The van der Waals surface area contributed by atoms with Crippen molar-refractivity contribution < 1.29 is 4.74 Å². The molecule has 0 N–H and O–H groups in total. The molecule has 0 aliphatic carbocycles. The molecule has 1 aliphatic rings. The van der Waals surface area contributed by atoms with Crippen molar-refractivity contribution >= 4 is 28.4 Å². The zero-order valence-corrected chi connectivity index (χ0v) is 18.2. The number of benzene rings is 1. The maximum Gasteiger partial charge on any atom is 0.190 e. The first kappa shape index (κ1) is 19.6. The number of hydrogen-bond acceptors (Lipinski definition) is 5. The predicted molar refractivity (Wildman–Crippen MR) is 119 cm³/mol. The Morgan fingerprint density at radius 2 is 1.89 bits per heavy atom. The van der Waals surface area contributed by atoms with Crippen molar-refractivity contribution in [2.45, 2.75) is 26.8 Å². The molecule has 4 nitrogen and oxygen atoms in total. The molecule has 2 aromatic heterocycles. The number of thiazole rings is 1. The SMILES string of the molecule is Cc1ccc(N=c2scc(-c3cccs3)n2CCCN2CCOCC2)cc1C. The van der Waals surface area contributed by atoms with E-state index in [4.69, 9.17) is 9.73 Å². The van der Waals surface area contributed by atoms with Gasteiger partial charge < -0.3 is 9.30 Å². The van der Waals surface area contributed by atoms with Crippen LogP contribution in [0.25, 0.3) is 10.6 Å². The highest BCUT2D eigenvalue weighted by atomic mass is 32.1. The molecule has 0 unspecified atom stereocenters. The Balaban J connectivity index is 1.60. The van der Waals surface area contributed by atoms with E-state index in [9.17, 15) is 0 Å². The Hall–Kier alpha value is -1.73. The van der Waals surface area contributed by atoms with Crippen molar-refractivity contribution in [3.05, 3.63) is 57.0 Å². The van der Waals surface area contributed by atoms with Crippen LogP contribution in [0, 0.1) is 13.8 Å². The van der Waals surface area contributed by atoms with Crippen molar-refractivity contribution in [2.24, 2.45) is 4.99 Å². The van der Waals surface area contributed by atoms with Gasteiger partial charge in [-0.1, -0.05) is 12.1 Å². The van der Waals surface area contributed by atoms with Crippen molar-refractivity contribution in [3.63, 3.8) is 0 Å². The number of hydrogen-bond donors (Lipinski definition) is 0. The summed E-state index contributed by atoms with van der Waals surface area (Å²) in [5, 5.41) is 4.39. The number of aryl methyl sites for hydroxylation is 2. The Morgan fingerprint density at radius 3 is 2.64 bits per heavy atom. The average Bonchev–Trinajstić information content (AvgIpc) is 3.36. The molecule has 0 spiro atoms. The Labute approximate surface area is 174 Å². The summed E-state index contributed by atoms with van der Waals surface area (Å²) in [7, 11) is 0. The third-order valence-electron chi connectivity index (χ3n) is 5.25. The van der Waals surface area contributed by atoms with Crippen molar-refractivity contribution in [1.82, 2.24) is 9.47 Å². The van der Waals surface area contributed by atoms with Gasteiger partial charge in [0.2, 0.25) is 0 Å². The third-order valence-corrected chi connectivity index (χ3v) is 7.00. The van der Waals surface area contributed by atoms with Crippen LogP contribution < -0.4 is 4.80 Å². The molecular weight excluding hydrogens is 386 g/mol. The molecule has 6 heteroatoms. The first-order valence-corrected chi connectivity index (χ1v) is 11.6. The third kappa shape index (κ3) is 4.63. The lowest BCUT2D eigenvalue weighted by molar-refractivity contribution is 0.0369. The van der Waals surface area contributed by atoms with Crippen LogP contribution in [-0.4, -0.2) is 42.3 Å². The van der Waals surface area contributed by atoms with Gasteiger partial charge in [0.1, 0.15) is 0 Å². The van der Waals surface area contributed by atoms with Crippen LogP contribution in [0.3, 0.4) is 0 Å². The smallest absolute Gasteiger partial charge is 0.190 e. The van der Waals surface area contributed by atoms with Crippen molar-refractivity contribution in [3.8, 4) is 10.6 Å². The molecule has 0 radical (unpaired) electrons. The summed E-state index contributed by atoms with van der Waals surface area (Å²) in [6.07, 6.45) is 1.12. The zero-order valence-electron chi connectivity index (χ0n) is 16.6. The molecular formula is C22H27N3OS2. The van der Waals surface area contributed by atoms with E-state index in [2.05, 4.69) is 64.4 Å². The second kappa shape index (κ2) is 9.18. The summed E-state index contributed by atoms with van der Waals surface area (Å²) in [5.74, 6) is 0. The molecule has 3 aromatic rings. The molecule has 0 bridgehead atoms. The molecule has 1 aliphatic heterocycles. The molecule has 148 valence electrons. The fourth-order valence-corrected chi connectivity index (χ4v) is 5.21. The average molecular weight is 414 g/mol. The van der Waals surface area contributed by atoms with Gasteiger partial charge in [-0.05, 0) is 55.0 Å². The highest BCUT2D eigenvalue weighted by molar-refractivity contribution is 7.14. The standard InChI is InChI=1S/C22H27N3OS2/c1-17-6-7-19(15-18(17)2)23-22-25(9-4-8-24-10-12-26-13-11-24)20(16-28-22)21-5-3-14-27-21/h3,5-7,14-16H,4,8-13H2,1-2H3. The van der Waals surface area contributed by atoms with Gasteiger partial charge in [-0.25, -0.2) is 4.99 Å². The molecule has 1 saturated heterocycles. The maximum absolute atomic E-state index is 5.46. The van der Waals surface area contributed by atoms with Gasteiger partial charge in [-0.3, -0.25) is 4.90 Å². The predicted octanol–water partition coefficient (Wildman–Crippen LogP) is 4.85. The first-order valence-electron chi connectivity index (χ1n) is 9.85. The highest BCUT2D eigenvalue weighted by Crippen LogP contribution is 2.26. The Kier molecular flexibility index (Phi) is 6.42. The molecule has 3 heterocycles. The lowest BCUT2D eigenvalue weighted by atomic mass is 10.1. The first-order chi connectivity index (χ1) is 13.7. The van der Waals surface area contributed by atoms with Crippen molar-refractivity contribution in [1.29, 1.82) is 0 Å². The van der Waals surface area contributed by atoms with Crippen LogP contribution in [0.4, 0.5) is 5.69 Å². The van der Waals surface area contributed by atoms with Gasteiger partial charge >= 0.3 is 0 Å². The van der Waals surface area contributed by atoms with Crippen LogP contribution in [-0.2, 0) is 11.3 Å². The van der Waals surface area contributed by atoms with Crippen LogP contribution in [0.1, 0.15) is 17.5 Å². The summed E-state index contributed by atoms with van der Waals surface area (Å²) in [5.41, 5.74) is 4.91. The highest BCUT2D eigenvalue weighted by Gasteiger charge is 2.12. The normalized spacial score (nSPS) is 16.0. The molecule has 0 atom stereocenters. The van der Waals surface area contributed by atoms with Crippen molar-refractivity contribution in [2.75, 3.05) is 32.8 Å². The number of thiophene rings is 1. The van der Waals surface area contributed by atoms with E-state index in [0.29, 0.717) is 0 Å². The van der Waals surface area contributed by atoms with Gasteiger partial charge in [-0.15, -0.1) is 22.7 Å². The largest absolute Gasteiger partial charge is 0.379 e. The maximum atomic E-state index is 5.46. The van der Waals surface area contributed by atoms with Gasteiger partial charge in [0.15, 0.2) is 4.80 Å². The van der Waals surface area contributed by atoms with Crippen LogP contribution >= 0.6 is 22.7 Å². The molecule has 0 amide bonds. The summed E-state index contributed by atoms with van der Waals surface area (Å²) in [4.78, 5) is 9.88. The molecule has 4 rings (SSSR count). The van der Waals surface area contributed by atoms with E-state index in [0.717, 1.165) is 56.3 Å². The Bertz CT molecular complexity index is 966. The molecule has 1 fully saturated rings. The minimum Gasteiger partial charge on any atom is -0.379 e. The van der Waals surface area contributed by atoms with Crippen LogP contribution in [0.2, 0.25) is 0 Å². The summed E-state index contributed by atoms with van der Waals surface area (Å²) >= 11 is 3.53. The zero-order chi connectivity index (χ0) is 19.3. The monoisotopic (exact) mass is 413 g/mol. The van der Waals surface area contributed by atoms with E-state index in [1.54, 1.807) is 22.7 Å². The fourth-order valence-electron chi connectivity index (χ4n) is 3.44. The summed E-state index contributed by atoms with van der Waals surface area (Å²) < 4.78 is 7.86. The molecule has 1 aromatic carbocycles. The number of rotatable bonds is 6. The minimum absolute atomic E-state index is 0.861. The summed E-state index contributed by atoms with van der Waals surface area (Å²) in [6, 6.07) is 10.8. The second-order valence-electron chi connectivity index (χ2n) is 7.22. The second-order valence-corrected chi connectivity index (χ2v) is 9.00. The quantitative estimate of drug-likeness (QED) is 0.578. The van der Waals surface area contributed by atoms with E-state index in [-0.39, 0.29) is 0 Å². The van der Waals surface area contributed by atoms with E-state index in [1.165, 1.54) is 21.7 Å². The number of morpholine rings is 1. The van der Waals surface area contributed by atoms with Gasteiger partial charge in [0, 0.05) is 31.6 Å². The number of nitrogens with zero attached hydrogens (tertiary/aromatic N) is 3.